The van der Waals surface area contributed by atoms with Crippen LogP contribution in [0.25, 0.3) is 0 Å². The highest BCUT2D eigenvalue weighted by molar-refractivity contribution is 5.16. The van der Waals surface area contributed by atoms with Gasteiger partial charge in [-0.15, -0.1) is 0 Å². The van der Waals surface area contributed by atoms with Crippen molar-refractivity contribution in [1.82, 2.24) is 19.2 Å². The minimum atomic E-state index is -0.533. The molecule has 0 bridgehead atoms. The van der Waals surface area contributed by atoms with Crippen molar-refractivity contribution in [2.75, 3.05) is 13.1 Å². The van der Waals surface area contributed by atoms with Crippen LogP contribution in [0.3, 0.4) is 0 Å². The standard InChI is InChI=1S/C20H23FN4O3/c21-16-5-3-14(4-6-16)9-23-8-7-20(12-23)13-24-17(11-28-20)22-25(10-15-1-2-15)19(27)18(24)26/h3-6,15H,1-2,7-13H2/t20-/m0/s1. The number of hydrogen-bond acceptors (Lipinski definition) is 5. The van der Waals surface area contributed by atoms with Crippen molar-refractivity contribution in [3.63, 3.8) is 0 Å². The molecule has 3 heterocycles. The Bertz CT molecular complexity index is 1010. The monoisotopic (exact) mass is 386 g/mol. The summed E-state index contributed by atoms with van der Waals surface area (Å²) in [5.74, 6) is 0.763. The number of likely N-dealkylation sites (tertiary alicyclic amines) is 1. The lowest BCUT2D eigenvalue weighted by Gasteiger charge is -2.35. The predicted octanol–water partition coefficient (Wildman–Crippen LogP) is 1.13. The summed E-state index contributed by atoms with van der Waals surface area (Å²) in [6, 6.07) is 6.50. The Morgan fingerprint density at radius 2 is 1.93 bits per heavy atom. The Morgan fingerprint density at radius 1 is 1.14 bits per heavy atom. The van der Waals surface area contributed by atoms with Gasteiger partial charge in [-0.3, -0.25) is 19.1 Å². The van der Waals surface area contributed by atoms with Crippen molar-refractivity contribution >= 4 is 0 Å². The molecule has 28 heavy (non-hydrogen) atoms. The van der Waals surface area contributed by atoms with Crippen molar-refractivity contribution in [2.45, 2.75) is 51.1 Å². The van der Waals surface area contributed by atoms with Gasteiger partial charge in [0, 0.05) is 26.2 Å². The molecule has 2 aliphatic heterocycles. The first-order chi connectivity index (χ1) is 13.5. The highest BCUT2D eigenvalue weighted by Crippen LogP contribution is 2.32. The Hall–Kier alpha value is -2.32. The van der Waals surface area contributed by atoms with E-state index in [1.54, 1.807) is 12.1 Å². The van der Waals surface area contributed by atoms with Crippen LogP contribution in [-0.4, -0.2) is 37.9 Å². The second-order valence-electron chi connectivity index (χ2n) is 8.30. The Kier molecular flexibility index (Phi) is 4.21. The van der Waals surface area contributed by atoms with E-state index < -0.39 is 16.7 Å². The quantitative estimate of drug-likeness (QED) is 0.737. The van der Waals surface area contributed by atoms with E-state index in [0.29, 0.717) is 37.9 Å². The molecular formula is C20H23FN4O3. The normalized spacial score (nSPS) is 24.6. The molecule has 1 saturated heterocycles. The number of fused-ring (bicyclic) bond motifs is 1. The van der Waals surface area contributed by atoms with Crippen LogP contribution in [-0.2, 0) is 31.0 Å². The summed E-state index contributed by atoms with van der Waals surface area (Å²) in [6.45, 7) is 3.32. The molecule has 1 saturated carbocycles. The van der Waals surface area contributed by atoms with Crippen LogP contribution in [0.15, 0.2) is 33.9 Å². The Morgan fingerprint density at radius 3 is 2.68 bits per heavy atom. The van der Waals surface area contributed by atoms with E-state index in [0.717, 1.165) is 31.4 Å². The third kappa shape index (κ3) is 3.31. The number of benzene rings is 1. The number of rotatable bonds is 4. The smallest absolute Gasteiger partial charge is 0.332 e. The minimum absolute atomic E-state index is 0.241. The van der Waals surface area contributed by atoms with Crippen LogP contribution in [0.1, 0.15) is 30.7 Å². The minimum Gasteiger partial charge on any atom is -0.364 e. The summed E-state index contributed by atoms with van der Waals surface area (Å²) in [6.07, 6.45) is 2.97. The molecule has 1 atom stereocenters. The largest absolute Gasteiger partial charge is 0.364 e. The van der Waals surface area contributed by atoms with Crippen LogP contribution in [0.2, 0.25) is 0 Å². The second kappa shape index (κ2) is 6.63. The van der Waals surface area contributed by atoms with E-state index in [1.165, 1.54) is 21.4 Å². The lowest BCUT2D eigenvalue weighted by molar-refractivity contribution is -0.0859. The van der Waals surface area contributed by atoms with Gasteiger partial charge in [-0.2, -0.15) is 5.10 Å². The molecule has 2 fully saturated rings. The van der Waals surface area contributed by atoms with Crippen LogP contribution in [0.5, 0.6) is 0 Å². The van der Waals surface area contributed by atoms with Crippen LogP contribution in [0.4, 0.5) is 4.39 Å². The van der Waals surface area contributed by atoms with E-state index in [1.807, 2.05) is 0 Å². The number of nitrogens with zero attached hydrogens (tertiary/aromatic N) is 4. The first kappa shape index (κ1) is 17.8. The molecule has 2 aromatic rings. The summed E-state index contributed by atoms with van der Waals surface area (Å²) in [7, 11) is 0. The van der Waals surface area contributed by atoms with Crippen molar-refractivity contribution in [3.05, 3.63) is 62.2 Å². The molecular weight excluding hydrogens is 363 g/mol. The number of aromatic nitrogens is 3. The molecule has 1 aromatic heterocycles. The molecule has 0 radical (unpaired) electrons. The first-order valence-electron chi connectivity index (χ1n) is 9.83. The van der Waals surface area contributed by atoms with E-state index in [2.05, 4.69) is 10.00 Å². The molecule has 1 aliphatic carbocycles. The average molecular weight is 386 g/mol. The highest BCUT2D eigenvalue weighted by atomic mass is 19.1. The van der Waals surface area contributed by atoms with E-state index >= 15 is 0 Å². The maximum atomic E-state index is 13.1. The van der Waals surface area contributed by atoms with Gasteiger partial charge in [-0.05, 0) is 42.9 Å². The van der Waals surface area contributed by atoms with Gasteiger partial charge < -0.3 is 4.74 Å². The van der Waals surface area contributed by atoms with Crippen molar-refractivity contribution in [1.29, 1.82) is 0 Å². The van der Waals surface area contributed by atoms with Gasteiger partial charge in [0.25, 0.3) is 0 Å². The Balaban J connectivity index is 1.34. The van der Waals surface area contributed by atoms with Gasteiger partial charge in [0.2, 0.25) is 0 Å². The number of ether oxygens (including phenoxy) is 1. The highest BCUT2D eigenvalue weighted by Gasteiger charge is 2.43. The van der Waals surface area contributed by atoms with Gasteiger partial charge in [0.05, 0.1) is 6.54 Å². The van der Waals surface area contributed by atoms with Crippen LogP contribution >= 0.6 is 0 Å². The molecule has 7 nitrogen and oxygen atoms in total. The molecule has 148 valence electrons. The second-order valence-corrected chi connectivity index (χ2v) is 8.30. The van der Waals surface area contributed by atoms with E-state index in [-0.39, 0.29) is 12.4 Å². The summed E-state index contributed by atoms with van der Waals surface area (Å²) in [4.78, 5) is 27.3. The lowest BCUT2D eigenvalue weighted by Crippen LogP contribution is -2.53. The summed E-state index contributed by atoms with van der Waals surface area (Å²) in [5, 5.41) is 4.40. The number of hydrogen-bond donors (Lipinski definition) is 0. The van der Waals surface area contributed by atoms with E-state index in [9.17, 15) is 14.0 Å². The average Bonchev–Trinajstić information content (AvgIpc) is 3.43. The molecule has 0 unspecified atom stereocenters. The molecule has 0 N–H and O–H groups in total. The van der Waals surface area contributed by atoms with Crippen molar-refractivity contribution < 1.29 is 9.13 Å². The maximum Gasteiger partial charge on any atom is 0.332 e. The molecule has 5 rings (SSSR count). The Labute approximate surface area is 161 Å². The predicted molar refractivity (Wildman–Crippen MR) is 99.3 cm³/mol. The van der Waals surface area contributed by atoms with Gasteiger partial charge >= 0.3 is 11.1 Å². The van der Waals surface area contributed by atoms with Gasteiger partial charge in [0.1, 0.15) is 18.0 Å². The van der Waals surface area contributed by atoms with Crippen molar-refractivity contribution in [3.8, 4) is 0 Å². The fraction of sp³-hybridized carbons (Fsp3) is 0.550. The molecule has 1 aromatic carbocycles. The van der Waals surface area contributed by atoms with Gasteiger partial charge in [0.15, 0.2) is 5.82 Å². The lowest BCUT2D eigenvalue weighted by atomic mass is 10.0. The fourth-order valence-corrected chi connectivity index (χ4v) is 4.23. The maximum absolute atomic E-state index is 13.1. The topological polar surface area (TPSA) is 69.4 Å². The molecule has 8 heteroatoms. The van der Waals surface area contributed by atoms with Crippen LogP contribution < -0.4 is 11.1 Å². The summed E-state index contributed by atoms with van der Waals surface area (Å²) < 4.78 is 22.1. The SMILES string of the molecule is O=c1c(=O)n2c(nn1CC1CC1)CO[C@]1(CCN(Cc3ccc(F)cc3)C1)C2. The zero-order valence-electron chi connectivity index (χ0n) is 15.6. The zero-order chi connectivity index (χ0) is 19.3. The zero-order valence-corrected chi connectivity index (χ0v) is 15.6. The molecule has 0 amide bonds. The first-order valence-corrected chi connectivity index (χ1v) is 9.83. The summed E-state index contributed by atoms with van der Waals surface area (Å²) in [5.41, 5.74) is -0.469. The molecule has 3 aliphatic rings. The summed E-state index contributed by atoms with van der Waals surface area (Å²) >= 11 is 0. The third-order valence-electron chi connectivity index (χ3n) is 6.01. The van der Waals surface area contributed by atoms with Crippen molar-refractivity contribution in [2.24, 2.45) is 5.92 Å². The van der Waals surface area contributed by atoms with E-state index in [4.69, 9.17) is 4.74 Å². The third-order valence-corrected chi connectivity index (χ3v) is 6.01. The number of halogens is 1. The molecule has 1 spiro atoms. The van der Waals surface area contributed by atoms with Gasteiger partial charge in [-0.25, -0.2) is 9.07 Å². The van der Waals surface area contributed by atoms with Crippen LogP contribution in [0, 0.1) is 11.7 Å². The van der Waals surface area contributed by atoms with Gasteiger partial charge in [-0.1, -0.05) is 12.1 Å². The fourth-order valence-electron chi connectivity index (χ4n) is 4.23.